The van der Waals surface area contributed by atoms with E-state index in [9.17, 15) is 14.7 Å². The van der Waals surface area contributed by atoms with Crippen LogP contribution in [-0.4, -0.2) is 46.1 Å². The Morgan fingerprint density at radius 2 is 1.62 bits per heavy atom. The molecule has 1 atom stereocenters. The molecule has 1 aromatic rings. The Labute approximate surface area is 198 Å². The van der Waals surface area contributed by atoms with E-state index in [2.05, 4.69) is 24.4 Å². The minimum Gasteiger partial charge on any atom is -0.480 e. The monoisotopic (exact) mass is 460 g/mol. The van der Waals surface area contributed by atoms with Gasteiger partial charge in [-0.1, -0.05) is 64.0 Å². The Kier molecular flexibility index (Phi) is 13.0. The average Bonchev–Trinajstić information content (AvgIpc) is 3.30. The summed E-state index contributed by atoms with van der Waals surface area (Å²) in [6.45, 7) is 3.15. The van der Waals surface area contributed by atoms with Crippen molar-refractivity contribution in [2.24, 2.45) is 0 Å². The van der Waals surface area contributed by atoms with Gasteiger partial charge in [-0.05, 0) is 49.9 Å². The lowest BCUT2D eigenvalue weighted by Gasteiger charge is -2.20. The SMILES string of the molecule is CCCCCCCCCC/C=C/CCCNc1ccc(C(=O)N2CSCC2C(=O)O)cc1. The first-order valence-electron chi connectivity index (χ1n) is 12.2. The zero-order valence-electron chi connectivity index (χ0n) is 19.6. The van der Waals surface area contributed by atoms with Crippen molar-refractivity contribution in [1.82, 2.24) is 4.90 Å². The number of rotatable bonds is 16. The molecule has 32 heavy (non-hydrogen) atoms. The Morgan fingerprint density at radius 1 is 1.00 bits per heavy atom. The number of hydrogen-bond acceptors (Lipinski definition) is 4. The van der Waals surface area contributed by atoms with Gasteiger partial charge in [0.1, 0.15) is 6.04 Å². The topological polar surface area (TPSA) is 69.6 Å². The smallest absolute Gasteiger partial charge is 0.327 e. The molecule has 1 aromatic carbocycles. The van der Waals surface area contributed by atoms with E-state index in [1.54, 1.807) is 12.1 Å². The van der Waals surface area contributed by atoms with Crippen LogP contribution in [0.15, 0.2) is 36.4 Å². The number of aliphatic carboxylic acids is 1. The van der Waals surface area contributed by atoms with Crippen LogP contribution in [0.3, 0.4) is 0 Å². The van der Waals surface area contributed by atoms with Crippen LogP contribution in [0, 0.1) is 0 Å². The Morgan fingerprint density at radius 3 is 2.28 bits per heavy atom. The van der Waals surface area contributed by atoms with Crippen LogP contribution in [0.25, 0.3) is 0 Å². The van der Waals surface area contributed by atoms with E-state index in [1.807, 2.05) is 12.1 Å². The molecule has 1 saturated heterocycles. The van der Waals surface area contributed by atoms with Gasteiger partial charge < -0.3 is 15.3 Å². The third-order valence-electron chi connectivity index (χ3n) is 5.83. The number of hydrogen-bond donors (Lipinski definition) is 2. The fourth-order valence-corrected chi connectivity index (χ4v) is 4.97. The predicted molar refractivity (Wildman–Crippen MR) is 135 cm³/mol. The fourth-order valence-electron chi connectivity index (χ4n) is 3.83. The second-order valence-electron chi connectivity index (χ2n) is 8.51. The number of nitrogens with one attached hydrogen (secondary N) is 1. The Balaban J connectivity index is 1.54. The lowest BCUT2D eigenvalue weighted by Crippen LogP contribution is -2.41. The minimum absolute atomic E-state index is 0.212. The van der Waals surface area contributed by atoms with Gasteiger partial charge in [0.05, 0.1) is 5.88 Å². The maximum atomic E-state index is 12.6. The van der Waals surface area contributed by atoms with Gasteiger partial charge in [-0.15, -0.1) is 11.8 Å². The molecule has 0 bridgehead atoms. The molecule has 1 heterocycles. The van der Waals surface area contributed by atoms with Gasteiger partial charge in [0.15, 0.2) is 0 Å². The van der Waals surface area contributed by atoms with E-state index in [-0.39, 0.29) is 5.91 Å². The number of carboxylic acid groups (broad SMARTS) is 1. The van der Waals surface area contributed by atoms with Crippen molar-refractivity contribution < 1.29 is 14.7 Å². The summed E-state index contributed by atoms with van der Waals surface area (Å²) in [7, 11) is 0. The summed E-state index contributed by atoms with van der Waals surface area (Å²) < 4.78 is 0. The van der Waals surface area contributed by atoms with Gasteiger partial charge in [0.25, 0.3) is 5.91 Å². The highest BCUT2D eigenvalue weighted by atomic mass is 32.2. The number of anilines is 1. The van der Waals surface area contributed by atoms with Gasteiger partial charge in [0.2, 0.25) is 0 Å². The molecule has 1 fully saturated rings. The first-order valence-corrected chi connectivity index (χ1v) is 13.4. The summed E-state index contributed by atoms with van der Waals surface area (Å²) in [4.78, 5) is 25.3. The van der Waals surface area contributed by atoms with Gasteiger partial charge in [0, 0.05) is 23.5 Å². The molecule has 1 aliphatic rings. The van der Waals surface area contributed by atoms with E-state index in [0.29, 0.717) is 17.2 Å². The molecule has 0 radical (unpaired) electrons. The van der Waals surface area contributed by atoms with E-state index in [4.69, 9.17) is 0 Å². The van der Waals surface area contributed by atoms with Crippen molar-refractivity contribution in [1.29, 1.82) is 0 Å². The number of benzene rings is 1. The van der Waals surface area contributed by atoms with Crippen molar-refractivity contribution in [3.63, 3.8) is 0 Å². The van der Waals surface area contributed by atoms with Crippen LogP contribution in [0.4, 0.5) is 5.69 Å². The van der Waals surface area contributed by atoms with Crippen LogP contribution in [0.2, 0.25) is 0 Å². The number of carbonyl (C=O) groups excluding carboxylic acids is 1. The van der Waals surface area contributed by atoms with Crippen molar-refractivity contribution in [2.75, 3.05) is 23.5 Å². The lowest BCUT2D eigenvalue weighted by molar-refractivity contribution is -0.140. The lowest BCUT2D eigenvalue weighted by atomic mass is 10.1. The quantitative estimate of drug-likeness (QED) is 0.216. The second kappa shape index (κ2) is 15.8. The molecule has 0 aromatic heterocycles. The summed E-state index contributed by atoms with van der Waals surface area (Å²) in [6.07, 6.45) is 18.9. The number of amides is 1. The third kappa shape index (κ3) is 9.68. The Bertz CT molecular complexity index is 706. The molecule has 2 N–H and O–H groups in total. The van der Waals surface area contributed by atoms with E-state index < -0.39 is 12.0 Å². The highest BCUT2D eigenvalue weighted by Gasteiger charge is 2.34. The van der Waals surface area contributed by atoms with E-state index >= 15 is 0 Å². The van der Waals surface area contributed by atoms with Crippen LogP contribution in [-0.2, 0) is 4.79 Å². The first-order chi connectivity index (χ1) is 15.6. The van der Waals surface area contributed by atoms with Crippen molar-refractivity contribution >= 4 is 29.3 Å². The molecule has 0 saturated carbocycles. The van der Waals surface area contributed by atoms with Crippen molar-refractivity contribution in [2.45, 2.75) is 83.6 Å². The maximum absolute atomic E-state index is 12.6. The van der Waals surface area contributed by atoms with Crippen LogP contribution >= 0.6 is 11.8 Å². The summed E-state index contributed by atoms with van der Waals surface area (Å²) in [5.74, 6) is -0.263. The van der Waals surface area contributed by atoms with Gasteiger partial charge in [-0.25, -0.2) is 4.79 Å². The van der Waals surface area contributed by atoms with Crippen LogP contribution < -0.4 is 5.32 Å². The minimum atomic E-state index is -0.937. The molecule has 178 valence electrons. The normalized spacial score (nSPS) is 16.0. The highest BCUT2D eigenvalue weighted by Crippen LogP contribution is 2.24. The number of thioether (sulfide) groups is 1. The number of allylic oxidation sites excluding steroid dienone is 2. The second-order valence-corrected chi connectivity index (χ2v) is 9.51. The molecular formula is C26H40N2O3S. The molecule has 1 aliphatic heterocycles. The van der Waals surface area contributed by atoms with Crippen molar-refractivity contribution in [3.8, 4) is 0 Å². The molecule has 5 nitrogen and oxygen atoms in total. The van der Waals surface area contributed by atoms with Crippen LogP contribution in [0.1, 0.15) is 87.9 Å². The Hall–Kier alpha value is -1.95. The van der Waals surface area contributed by atoms with Gasteiger partial charge in [-0.2, -0.15) is 0 Å². The number of nitrogens with zero attached hydrogens (tertiary/aromatic N) is 1. The number of carboxylic acids is 1. The molecule has 1 unspecified atom stereocenters. The third-order valence-corrected chi connectivity index (χ3v) is 6.84. The fraction of sp³-hybridized carbons (Fsp3) is 0.615. The summed E-state index contributed by atoms with van der Waals surface area (Å²) in [5, 5.41) is 12.6. The van der Waals surface area contributed by atoms with Crippen molar-refractivity contribution in [3.05, 3.63) is 42.0 Å². The van der Waals surface area contributed by atoms with Gasteiger partial charge in [-0.3, -0.25) is 4.79 Å². The first kappa shape index (κ1) is 26.3. The molecule has 2 rings (SSSR count). The summed E-state index contributed by atoms with van der Waals surface area (Å²) in [6, 6.07) is 6.61. The highest BCUT2D eigenvalue weighted by molar-refractivity contribution is 7.99. The number of carbonyl (C=O) groups is 2. The standard InChI is InChI=1S/C26H40N2O3S/c1-2-3-4-5-6-7-8-9-10-11-12-13-14-19-27-23-17-15-22(16-18-23)25(29)28-21-32-20-24(28)26(30)31/h11-12,15-18,24,27H,2-10,13-14,19-21H2,1H3,(H,30,31)/b12-11+. The zero-order chi connectivity index (χ0) is 23.0. The zero-order valence-corrected chi connectivity index (χ0v) is 20.4. The number of unbranched alkanes of at least 4 members (excludes halogenated alkanes) is 9. The van der Waals surface area contributed by atoms with E-state index in [0.717, 1.165) is 25.1 Å². The molecule has 0 aliphatic carbocycles. The average molecular weight is 461 g/mol. The van der Waals surface area contributed by atoms with E-state index in [1.165, 1.54) is 74.4 Å². The molecule has 0 spiro atoms. The van der Waals surface area contributed by atoms with Gasteiger partial charge >= 0.3 is 5.97 Å². The molecule has 6 heteroatoms. The van der Waals surface area contributed by atoms with Crippen LogP contribution in [0.5, 0.6) is 0 Å². The molecule has 1 amide bonds. The summed E-state index contributed by atoms with van der Waals surface area (Å²) in [5.41, 5.74) is 1.52. The summed E-state index contributed by atoms with van der Waals surface area (Å²) >= 11 is 1.48. The molecular weight excluding hydrogens is 420 g/mol. The maximum Gasteiger partial charge on any atom is 0.327 e. The predicted octanol–water partition coefficient (Wildman–Crippen LogP) is 6.57. The largest absolute Gasteiger partial charge is 0.480 e.